The molecule has 39 heavy (non-hydrogen) atoms. The summed E-state index contributed by atoms with van der Waals surface area (Å²) >= 11 is 6.28. The molecule has 4 rings (SSSR count). The smallest absolute Gasteiger partial charge is 0.416 e. The lowest BCUT2D eigenvalue weighted by atomic mass is 10.1. The van der Waals surface area contributed by atoms with Crippen LogP contribution in [0.4, 0.5) is 18.9 Å². The van der Waals surface area contributed by atoms with Crippen molar-refractivity contribution in [1.29, 1.82) is 0 Å². The van der Waals surface area contributed by atoms with Gasteiger partial charge in [-0.3, -0.25) is 9.79 Å². The average molecular weight is 578 g/mol. The first kappa shape index (κ1) is 28.3. The van der Waals surface area contributed by atoms with Crippen LogP contribution in [0, 0.1) is 0 Å². The highest BCUT2D eigenvalue weighted by molar-refractivity contribution is 7.89. The predicted octanol–water partition coefficient (Wildman–Crippen LogP) is 6.15. The number of hydrogen-bond donors (Lipinski definition) is 1. The van der Waals surface area contributed by atoms with E-state index in [1.165, 1.54) is 40.9 Å². The Bertz CT molecular complexity index is 1750. The number of nitrogens with zero attached hydrogens (tertiary/aromatic N) is 3. The first-order valence-corrected chi connectivity index (χ1v) is 13.6. The number of hydrogen-bond acceptors (Lipinski definition) is 5. The Labute approximate surface area is 227 Å². The molecule has 4 aromatic rings. The van der Waals surface area contributed by atoms with E-state index in [1.54, 1.807) is 32.0 Å². The van der Waals surface area contributed by atoms with E-state index in [1.807, 2.05) is 0 Å². The summed E-state index contributed by atoms with van der Waals surface area (Å²) in [5, 5.41) is 11.7. The van der Waals surface area contributed by atoms with Crippen molar-refractivity contribution in [2.75, 3.05) is 13.1 Å². The molecule has 0 aliphatic carbocycles. The van der Waals surface area contributed by atoms with Crippen LogP contribution in [0.25, 0.3) is 16.5 Å². The molecule has 1 aromatic heterocycles. The molecule has 7 nitrogen and oxygen atoms in total. The van der Waals surface area contributed by atoms with Crippen LogP contribution < -0.4 is 5.56 Å². The number of rotatable bonds is 7. The van der Waals surface area contributed by atoms with E-state index in [0.717, 1.165) is 22.8 Å². The minimum Gasteiger partial charge on any atom is -0.494 e. The molecule has 0 fully saturated rings. The number of aromatic nitrogens is 1. The normalized spacial score (nSPS) is 12.6. The number of fused-ring (bicyclic) bond motifs is 1. The highest BCUT2D eigenvalue weighted by Crippen LogP contribution is 2.33. The van der Waals surface area contributed by atoms with Gasteiger partial charge >= 0.3 is 6.18 Å². The van der Waals surface area contributed by atoms with Gasteiger partial charge < -0.3 is 5.11 Å². The summed E-state index contributed by atoms with van der Waals surface area (Å²) in [4.78, 5) is 17.5. The second-order valence-electron chi connectivity index (χ2n) is 8.43. The van der Waals surface area contributed by atoms with Crippen molar-refractivity contribution < 1.29 is 26.7 Å². The van der Waals surface area contributed by atoms with Gasteiger partial charge in [0, 0.05) is 30.1 Å². The molecule has 0 atom stereocenters. The summed E-state index contributed by atoms with van der Waals surface area (Å²) in [6, 6.07) is 14.3. The largest absolute Gasteiger partial charge is 0.494 e. The third-order valence-corrected chi connectivity index (χ3v) is 8.49. The zero-order valence-electron chi connectivity index (χ0n) is 20.8. The van der Waals surface area contributed by atoms with Crippen molar-refractivity contribution >= 4 is 44.3 Å². The number of aromatic hydroxyl groups is 1. The maximum Gasteiger partial charge on any atom is 0.416 e. The summed E-state index contributed by atoms with van der Waals surface area (Å²) < 4.78 is 68.0. The van der Waals surface area contributed by atoms with E-state index in [2.05, 4.69) is 4.99 Å². The highest BCUT2D eigenvalue weighted by atomic mass is 35.5. The zero-order valence-corrected chi connectivity index (χ0v) is 22.3. The Balaban J connectivity index is 1.91. The van der Waals surface area contributed by atoms with E-state index in [4.69, 9.17) is 11.6 Å². The highest BCUT2D eigenvalue weighted by Gasteiger charge is 2.31. The number of aliphatic imine (C=N–C) groups is 1. The van der Waals surface area contributed by atoms with Gasteiger partial charge in [-0.25, -0.2) is 13.0 Å². The minimum atomic E-state index is -4.66. The van der Waals surface area contributed by atoms with Gasteiger partial charge in [-0.15, -0.1) is 0 Å². The molecular weight excluding hydrogens is 555 g/mol. The Morgan fingerprint density at radius 3 is 2.31 bits per heavy atom. The maximum atomic E-state index is 13.3. The van der Waals surface area contributed by atoms with E-state index < -0.39 is 33.2 Å². The fraction of sp³-hybridized carbons (Fsp3) is 0.185. The van der Waals surface area contributed by atoms with Crippen LogP contribution >= 0.6 is 11.6 Å². The fourth-order valence-corrected chi connectivity index (χ4v) is 5.79. The van der Waals surface area contributed by atoms with E-state index in [-0.39, 0.29) is 50.7 Å². The molecule has 0 spiro atoms. The number of halogens is 4. The quantitative estimate of drug-likeness (QED) is 0.267. The average Bonchev–Trinajstić information content (AvgIpc) is 2.90. The molecule has 1 heterocycles. The molecule has 0 aliphatic heterocycles. The van der Waals surface area contributed by atoms with Crippen molar-refractivity contribution in [3.63, 3.8) is 0 Å². The molecule has 204 valence electrons. The van der Waals surface area contributed by atoms with Crippen LogP contribution in [-0.4, -0.2) is 41.7 Å². The first-order chi connectivity index (χ1) is 18.4. The second-order valence-corrected chi connectivity index (χ2v) is 10.8. The molecular formula is C27H23ClF3N3O4S. The standard InChI is InChI=1S/C27H23ClF3N3O4S/c1-3-33(4-2)39(37,38)19-12-13-23(28)24(15-19)32-16-22-20-10-5-6-11-21(20)25(35)34(26(22)36)18-9-7-8-17(14-18)27(29,30)31/h5-16,36H,3-4H2,1-2H3. The lowest BCUT2D eigenvalue weighted by Crippen LogP contribution is -2.30. The second kappa shape index (κ2) is 10.8. The Kier molecular flexibility index (Phi) is 7.87. The van der Waals surface area contributed by atoms with Gasteiger partial charge in [-0.05, 0) is 42.5 Å². The Morgan fingerprint density at radius 1 is 1.00 bits per heavy atom. The molecule has 0 radical (unpaired) electrons. The SMILES string of the molecule is CCN(CC)S(=O)(=O)c1ccc(Cl)c(N=Cc2c(O)n(-c3cccc(C(F)(F)F)c3)c(=O)c3ccccc23)c1. The van der Waals surface area contributed by atoms with E-state index >= 15 is 0 Å². The summed E-state index contributed by atoms with van der Waals surface area (Å²) in [5.74, 6) is -0.648. The number of benzene rings is 3. The van der Waals surface area contributed by atoms with Gasteiger partial charge in [-0.1, -0.05) is 49.7 Å². The zero-order chi connectivity index (χ0) is 28.5. The van der Waals surface area contributed by atoms with Crippen LogP contribution in [0.3, 0.4) is 0 Å². The topological polar surface area (TPSA) is 92.0 Å². The molecule has 12 heteroatoms. The Morgan fingerprint density at radius 2 is 1.67 bits per heavy atom. The maximum absolute atomic E-state index is 13.3. The van der Waals surface area contributed by atoms with Crippen LogP contribution in [-0.2, 0) is 16.2 Å². The molecule has 0 amide bonds. The third-order valence-electron chi connectivity index (χ3n) is 6.13. The third kappa shape index (κ3) is 5.42. The predicted molar refractivity (Wildman–Crippen MR) is 145 cm³/mol. The van der Waals surface area contributed by atoms with Gasteiger partial charge in [0.1, 0.15) is 0 Å². The van der Waals surface area contributed by atoms with Gasteiger partial charge in [-0.2, -0.15) is 17.5 Å². The molecule has 3 aromatic carbocycles. The number of alkyl halides is 3. The fourth-order valence-electron chi connectivity index (χ4n) is 4.15. The summed E-state index contributed by atoms with van der Waals surface area (Å²) in [7, 11) is -3.82. The van der Waals surface area contributed by atoms with Crippen LogP contribution in [0.1, 0.15) is 25.0 Å². The van der Waals surface area contributed by atoms with Crippen LogP contribution in [0.2, 0.25) is 5.02 Å². The Hall–Kier alpha value is -3.67. The number of sulfonamides is 1. The molecule has 1 N–H and O–H groups in total. The van der Waals surface area contributed by atoms with Crippen molar-refractivity contribution in [2.45, 2.75) is 24.9 Å². The summed E-state index contributed by atoms with van der Waals surface area (Å²) in [5.41, 5.74) is -1.82. The van der Waals surface area contributed by atoms with Crippen LogP contribution in [0.5, 0.6) is 5.88 Å². The molecule has 0 unspecified atom stereocenters. The molecule has 0 saturated heterocycles. The van der Waals surface area contributed by atoms with Gasteiger partial charge in [0.15, 0.2) is 0 Å². The minimum absolute atomic E-state index is 0.0238. The molecule has 0 aliphatic rings. The van der Waals surface area contributed by atoms with Gasteiger partial charge in [0.2, 0.25) is 15.9 Å². The lowest BCUT2D eigenvalue weighted by molar-refractivity contribution is -0.137. The van der Waals surface area contributed by atoms with Crippen molar-refractivity contribution in [2.24, 2.45) is 4.99 Å². The van der Waals surface area contributed by atoms with Gasteiger partial charge in [0.05, 0.1) is 32.4 Å². The summed E-state index contributed by atoms with van der Waals surface area (Å²) in [6.07, 6.45) is -3.47. The summed E-state index contributed by atoms with van der Waals surface area (Å²) in [6.45, 7) is 3.94. The van der Waals surface area contributed by atoms with E-state index in [9.17, 15) is 31.5 Å². The van der Waals surface area contributed by atoms with E-state index in [0.29, 0.717) is 0 Å². The number of pyridine rings is 1. The first-order valence-electron chi connectivity index (χ1n) is 11.8. The van der Waals surface area contributed by atoms with Gasteiger partial charge in [0.25, 0.3) is 5.56 Å². The molecule has 0 bridgehead atoms. The molecule has 0 saturated carbocycles. The van der Waals surface area contributed by atoms with Crippen LogP contribution in [0.15, 0.2) is 81.4 Å². The van der Waals surface area contributed by atoms with Crippen molar-refractivity contribution in [1.82, 2.24) is 8.87 Å². The monoisotopic (exact) mass is 577 g/mol. The van der Waals surface area contributed by atoms with Crippen molar-refractivity contribution in [3.8, 4) is 11.6 Å². The van der Waals surface area contributed by atoms with Crippen molar-refractivity contribution in [3.05, 3.63) is 93.2 Å². The lowest BCUT2D eigenvalue weighted by Gasteiger charge is -2.18.